The molecule has 0 aromatic carbocycles. The van der Waals surface area contributed by atoms with Crippen LogP contribution < -0.4 is 0 Å². The van der Waals surface area contributed by atoms with Crippen molar-refractivity contribution in [3.63, 3.8) is 0 Å². The molecule has 30 heavy (non-hydrogen) atoms. The molecule has 4 aliphatic rings. The van der Waals surface area contributed by atoms with Crippen molar-refractivity contribution >= 4 is 39.1 Å². The minimum absolute atomic E-state index is 0. The topological polar surface area (TPSA) is 92.9 Å². The summed E-state index contributed by atoms with van der Waals surface area (Å²) in [5, 5.41) is 16.6. The molecule has 3 heterocycles. The summed E-state index contributed by atoms with van der Waals surface area (Å²) in [7, 11) is -1.62. The molecule has 2 N–H and O–H groups in total. The maximum atomic E-state index is 12.4. The minimum atomic E-state index is -1.62. The molecule has 11 heteroatoms. The van der Waals surface area contributed by atoms with Crippen molar-refractivity contribution in [2.75, 3.05) is 57.4 Å². The van der Waals surface area contributed by atoms with Gasteiger partial charge in [-0.1, -0.05) is 13.8 Å². The number of allylic oxidation sites excluding steroid dienone is 1. The Morgan fingerprint density at radius 1 is 1.00 bits per heavy atom. The highest BCUT2D eigenvalue weighted by atomic mass is 32.2. The molecule has 0 unspecified atom stereocenters. The van der Waals surface area contributed by atoms with Crippen LogP contribution in [0.5, 0.6) is 0 Å². The number of hydrogen-bond acceptors (Lipinski definition) is 9. The van der Waals surface area contributed by atoms with Crippen LogP contribution in [0.25, 0.3) is 0 Å². The lowest BCUT2D eigenvalue weighted by Crippen LogP contribution is -2.29. The molecule has 0 atom stereocenters. The van der Waals surface area contributed by atoms with E-state index < -0.39 is 7.32 Å². The van der Waals surface area contributed by atoms with Crippen molar-refractivity contribution in [2.24, 2.45) is 5.92 Å². The predicted octanol–water partition coefficient (Wildman–Crippen LogP) is -1.25. The Morgan fingerprint density at radius 2 is 1.57 bits per heavy atom. The van der Waals surface area contributed by atoms with E-state index in [0.717, 1.165) is 56.7 Å². The summed E-state index contributed by atoms with van der Waals surface area (Å²) in [6.07, 6.45) is 2.72. The predicted molar refractivity (Wildman–Crippen MR) is 123 cm³/mol. The lowest BCUT2D eigenvalue weighted by molar-refractivity contribution is -0.117. The van der Waals surface area contributed by atoms with E-state index in [-0.39, 0.29) is 20.0 Å². The van der Waals surface area contributed by atoms with Crippen molar-refractivity contribution in [3.8, 4) is 0 Å². The lowest BCUT2D eigenvalue weighted by atomic mass is 10.0. The molecule has 0 aromatic heterocycles. The average molecular weight is 437 g/mol. The first-order valence-corrected chi connectivity index (χ1v) is 11.4. The third-order valence-electron chi connectivity index (χ3n) is 4.82. The second-order valence-electron chi connectivity index (χ2n) is 7.87. The van der Waals surface area contributed by atoms with Crippen molar-refractivity contribution in [1.29, 1.82) is 0 Å². The van der Waals surface area contributed by atoms with Gasteiger partial charge in [0.1, 0.15) is 11.4 Å². The quantitative estimate of drug-likeness (QED) is 0.188. The van der Waals surface area contributed by atoms with Gasteiger partial charge >= 0.3 is 7.32 Å². The summed E-state index contributed by atoms with van der Waals surface area (Å²) >= 11 is 1.78. The molecule has 3 aliphatic heterocycles. The fourth-order valence-corrected chi connectivity index (χ4v) is 3.97. The number of Topliss-reactive ketones (excluding diaryl/α,β-unsaturated/α-hetero) is 1. The Hall–Kier alpha value is -1.42. The fourth-order valence-electron chi connectivity index (χ4n) is 2.91. The first-order chi connectivity index (χ1) is 13.9. The van der Waals surface area contributed by atoms with Crippen LogP contribution in [0.3, 0.4) is 0 Å². The number of nitrogens with zero attached hydrogens (tertiary/aromatic N) is 3. The van der Waals surface area contributed by atoms with Gasteiger partial charge < -0.3 is 29.4 Å². The van der Waals surface area contributed by atoms with E-state index in [1.165, 1.54) is 12.5 Å². The van der Waals surface area contributed by atoms with E-state index in [9.17, 15) is 9.59 Å². The molecule has 0 bridgehead atoms. The highest BCUT2D eigenvalue weighted by Gasteiger charge is 2.43. The van der Waals surface area contributed by atoms with E-state index >= 15 is 0 Å². The van der Waals surface area contributed by atoms with Gasteiger partial charge in [0.25, 0.3) is 0 Å². The van der Waals surface area contributed by atoms with Crippen LogP contribution in [0.2, 0.25) is 0 Å². The SMILES string of the molecule is B.CC(C)CCSCCOB(O)O.O=C1C=C(N2CC2)C(=O)C(N2CC2)=C1N1CC1. The molecule has 166 valence electrons. The minimum Gasteiger partial charge on any atom is -0.402 e. The lowest BCUT2D eigenvalue weighted by Gasteiger charge is -2.21. The van der Waals surface area contributed by atoms with Crippen molar-refractivity contribution in [3.05, 3.63) is 23.2 Å². The standard InChI is InChI=1S/C12H13N3O2.C7H17BO3S.BH3/c16-9-7-8(13-1-2-13)12(17)11(15-5-6-15)10(9)14-3-4-14;1-7(2)3-5-12-6-4-11-8(9)10;/h7H,1-6H2;7,9-10H,3-6H2,1-2H3;1H3. The van der Waals surface area contributed by atoms with Crippen LogP contribution in [-0.2, 0) is 14.2 Å². The van der Waals surface area contributed by atoms with Crippen LogP contribution in [0.1, 0.15) is 20.3 Å². The summed E-state index contributed by atoms with van der Waals surface area (Å²) in [6, 6.07) is 0. The molecule has 0 saturated carbocycles. The summed E-state index contributed by atoms with van der Waals surface area (Å²) in [6.45, 7) is 10.2. The molecular formula is C19H33B2N3O5S. The zero-order valence-corrected chi connectivity index (χ0v) is 18.0. The summed E-state index contributed by atoms with van der Waals surface area (Å²) in [5.41, 5.74) is 1.89. The summed E-state index contributed by atoms with van der Waals surface area (Å²) in [5.74, 6) is 2.72. The monoisotopic (exact) mass is 437 g/mol. The number of ketones is 2. The second-order valence-corrected chi connectivity index (χ2v) is 9.10. The Balaban J connectivity index is 0.000000222. The Bertz CT molecular complexity index is 678. The van der Waals surface area contributed by atoms with Gasteiger partial charge in [0.05, 0.1) is 14.1 Å². The number of carbonyl (C=O) groups is 2. The van der Waals surface area contributed by atoms with E-state index in [0.29, 0.717) is 23.7 Å². The molecule has 0 aromatic rings. The first-order valence-electron chi connectivity index (χ1n) is 10.2. The Kier molecular flexibility index (Phi) is 9.33. The highest BCUT2D eigenvalue weighted by molar-refractivity contribution is 7.99. The van der Waals surface area contributed by atoms with E-state index in [1.807, 2.05) is 14.7 Å². The fraction of sp³-hybridized carbons (Fsp3) is 0.684. The molecule has 1 aliphatic carbocycles. The van der Waals surface area contributed by atoms with Crippen LogP contribution >= 0.6 is 11.8 Å². The molecule has 3 fully saturated rings. The molecule has 0 radical (unpaired) electrons. The normalized spacial score (nSPS) is 19.4. The number of hydrogen-bond donors (Lipinski definition) is 2. The first kappa shape index (κ1) is 24.8. The highest BCUT2D eigenvalue weighted by Crippen LogP contribution is 2.33. The van der Waals surface area contributed by atoms with E-state index in [2.05, 4.69) is 18.5 Å². The maximum Gasteiger partial charge on any atom is 0.633 e. The van der Waals surface area contributed by atoms with Crippen LogP contribution in [0, 0.1) is 5.92 Å². The van der Waals surface area contributed by atoms with Gasteiger partial charge in [0, 0.05) is 57.7 Å². The van der Waals surface area contributed by atoms with E-state index in [4.69, 9.17) is 10.0 Å². The molecule has 4 rings (SSSR count). The van der Waals surface area contributed by atoms with Crippen molar-refractivity contribution in [2.45, 2.75) is 20.3 Å². The zero-order valence-electron chi connectivity index (χ0n) is 17.2. The number of rotatable bonds is 10. The second kappa shape index (κ2) is 11.3. The van der Waals surface area contributed by atoms with Gasteiger partial charge in [-0.2, -0.15) is 11.8 Å². The van der Waals surface area contributed by atoms with Gasteiger partial charge in [-0.25, -0.2) is 0 Å². The molecule has 0 spiro atoms. The van der Waals surface area contributed by atoms with Crippen molar-refractivity contribution in [1.82, 2.24) is 14.7 Å². The Labute approximate surface area is 185 Å². The van der Waals surface area contributed by atoms with Crippen LogP contribution in [0.15, 0.2) is 23.2 Å². The molecule has 3 saturated heterocycles. The maximum absolute atomic E-state index is 12.4. The molecule has 0 amide bonds. The molecular weight excluding hydrogens is 404 g/mol. The van der Waals surface area contributed by atoms with Gasteiger partial charge in [0.15, 0.2) is 0 Å². The number of carbonyl (C=O) groups excluding carboxylic acids is 2. The summed E-state index contributed by atoms with van der Waals surface area (Å²) in [4.78, 5) is 30.5. The molecule has 8 nitrogen and oxygen atoms in total. The summed E-state index contributed by atoms with van der Waals surface area (Å²) < 4.78 is 4.54. The van der Waals surface area contributed by atoms with E-state index in [1.54, 1.807) is 11.8 Å². The third-order valence-corrected chi connectivity index (χ3v) is 5.80. The van der Waals surface area contributed by atoms with Gasteiger partial charge in [-0.05, 0) is 18.1 Å². The average Bonchev–Trinajstić information content (AvgIpc) is 3.51. The smallest absolute Gasteiger partial charge is 0.402 e. The van der Waals surface area contributed by atoms with Crippen LogP contribution in [-0.4, -0.2) is 109 Å². The van der Waals surface area contributed by atoms with Gasteiger partial charge in [-0.3, -0.25) is 9.59 Å². The van der Waals surface area contributed by atoms with Crippen molar-refractivity contribution < 1.29 is 24.3 Å². The third kappa shape index (κ3) is 7.37. The van der Waals surface area contributed by atoms with Crippen LogP contribution in [0.4, 0.5) is 0 Å². The Morgan fingerprint density at radius 3 is 2.07 bits per heavy atom. The number of thioether (sulfide) groups is 1. The zero-order chi connectivity index (χ0) is 21.0. The van der Waals surface area contributed by atoms with Gasteiger partial charge in [0.2, 0.25) is 11.6 Å². The largest absolute Gasteiger partial charge is 0.633 e. The van der Waals surface area contributed by atoms with Gasteiger partial charge in [-0.15, -0.1) is 0 Å².